The molecule has 3 rings (SSSR count). The second-order valence-electron chi connectivity index (χ2n) is 6.08. The summed E-state index contributed by atoms with van der Waals surface area (Å²) in [6, 6.07) is 7.68. The summed E-state index contributed by atoms with van der Waals surface area (Å²) in [7, 11) is 1.88. The first-order valence-electron chi connectivity index (χ1n) is 7.78. The Labute approximate surface area is 129 Å². The topological polar surface area (TPSA) is 55.2 Å². The van der Waals surface area contributed by atoms with Gasteiger partial charge in [-0.15, -0.1) is 0 Å². The quantitative estimate of drug-likeness (QED) is 0.849. The first-order valence-corrected chi connectivity index (χ1v) is 7.78. The molecule has 0 N–H and O–H groups in total. The summed E-state index contributed by atoms with van der Waals surface area (Å²) >= 11 is 0. The molecule has 0 spiro atoms. The molecule has 1 heterocycles. The van der Waals surface area contributed by atoms with E-state index in [4.69, 9.17) is 0 Å². The molecule has 1 aromatic heterocycles. The molecule has 0 radical (unpaired) electrons. The Bertz CT molecular complexity index is 749. The van der Waals surface area contributed by atoms with E-state index in [9.17, 15) is 9.59 Å². The minimum Gasteiger partial charge on any atom is -0.343 e. The average molecular weight is 299 g/mol. The molecule has 22 heavy (non-hydrogen) atoms. The first kappa shape index (κ1) is 14.8. The highest BCUT2D eigenvalue weighted by molar-refractivity contribution is 5.79. The molecule has 5 heteroatoms. The van der Waals surface area contributed by atoms with Crippen LogP contribution >= 0.6 is 0 Å². The van der Waals surface area contributed by atoms with Crippen LogP contribution in [0, 0.1) is 5.92 Å². The van der Waals surface area contributed by atoms with Crippen molar-refractivity contribution in [1.82, 2.24) is 14.7 Å². The Kier molecular flexibility index (Phi) is 3.96. The van der Waals surface area contributed by atoms with Gasteiger partial charge in [-0.05, 0) is 37.8 Å². The second-order valence-corrected chi connectivity index (χ2v) is 6.08. The van der Waals surface area contributed by atoms with Crippen molar-refractivity contribution in [3.63, 3.8) is 0 Å². The third-order valence-corrected chi connectivity index (χ3v) is 4.61. The fraction of sp³-hybridized carbons (Fsp3) is 0.471. The fourth-order valence-electron chi connectivity index (χ4n) is 2.84. The van der Waals surface area contributed by atoms with E-state index in [0.717, 1.165) is 5.52 Å². The van der Waals surface area contributed by atoms with Crippen LogP contribution in [0.5, 0.6) is 0 Å². The van der Waals surface area contributed by atoms with Crippen LogP contribution in [0.15, 0.2) is 35.3 Å². The smallest absolute Gasteiger partial charge is 0.224 e. The van der Waals surface area contributed by atoms with Gasteiger partial charge in [0, 0.05) is 24.9 Å². The van der Waals surface area contributed by atoms with Gasteiger partial charge in [-0.3, -0.25) is 14.3 Å². The molecule has 1 aliphatic carbocycles. The number of carbonyl (C=O) groups excluding carboxylic acids is 1. The lowest BCUT2D eigenvalue weighted by Gasteiger charge is -2.25. The van der Waals surface area contributed by atoms with Crippen LogP contribution < -0.4 is 5.43 Å². The van der Waals surface area contributed by atoms with Crippen molar-refractivity contribution >= 4 is 16.8 Å². The van der Waals surface area contributed by atoms with Crippen molar-refractivity contribution in [2.24, 2.45) is 5.92 Å². The molecule has 1 amide bonds. The Morgan fingerprint density at radius 2 is 2.14 bits per heavy atom. The molecule has 0 saturated heterocycles. The summed E-state index contributed by atoms with van der Waals surface area (Å²) in [5, 5.41) is 4.81. The van der Waals surface area contributed by atoms with Crippen LogP contribution in [0.3, 0.4) is 0 Å². The molecule has 5 nitrogen and oxygen atoms in total. The predicted octanol–water partition coefficient (Wildman–Crippen LogP) is 2.04. The van der Waals surface area contributed by atoms with E-state index in [-0.39, 0.29) is 11.3 Å². The summed E-state index contributed by atoms with van der Waals surface area (Å²) in [4.78, 5) is 26.0. The van der Waals surface area contributed by atoms with E-state index >= 15 is 0 Å². The molecule has 0 bridgehead atoms. The van der Waals surface area contributed by atoms with E-state index in [0.29, 0.717) is 30.3 Å². The first-order chi connectivity index (χ1) is 10.6. The largest absolute Gasteiger partial charge is 0.343 e. The molecule has 1 atom stereocenters. The van der Waals surface area contributed by atoms with Crippen molar-refractivity contribution in [1.29, 1.82) is 0 Å². The molecule has 2 aromatic rings. The minimum atomic E-state index is -0.0855. The molecular weight excluding hydrogens is 278 g/mol. The summed E-state index contributed by atoms with van der Waals surface area (Å²) in [5.74, 6) is 0.796. The summed E-state index contributed by atoms with van der Waals surface area (Å²) < 4.78 is 1.74. The maximum atomic E-state index is 12.3. The van der Waals surface area contributed by atoms with E-state index in [1.165, 1.54) is 19.0 Å². The third-order valence-electron chi connectivity index (χ3n) is 4.61. The van der Waals surface area contributed by atoms with Gasteiger partial charge in [-0.1, -0.05) is 12.1 Å². The van der Waals surface area contributed by atoms with Gasteiger partial charge in [0.05, 0.1) is 18.3 Å². The van der Waals surface area contributed by atoms with Crippen molar-refractivity contribution in [3.8, 4) is 0 Å². The van der Waals surface area contributed by atoms with Crippen molar-refractivity contribution < 1.29 is 4.79 Å². The summed E-state index contributed by atoms with van der Waals surface area (Å²) in [6.45, 7) is 2.60. The number of benzene rings is 1. The third kappa shape index (κ3) is 2.89. The molecule has 1 aliphatic rings. The zero-order chi connectivity index (χ0) is 15.7. The van der Waals surface area contributed by atoms with E-state index in [1.54, 1.807) is 10.7 Å². The van der Waals surface area contributed by atoms with Gasteiger partial charge in [0.15, 0.2) is 0 Å². The van der Waals surface area contributed by atoms with Crippen LogP contribution in [-0.4, -0.2) is 33.7 Å². The number of carbonyl (C=O) groups is 1. The second kappa shape index (κ2) is 5.91. The zero-order valence-corrected chi connectivity index (χ0v) is 13.0. The van der Waals surface area contributed by atoms with Gasteiger partial charge in [-0.25, -0.2) is 0 Å². The van der Waals surface area contributed by atoms with Gasteiger partial charge in [0.1, 0.15) is 0 Å². The van der Waals surface area contributed by atoms with Crippen molar-refractivity contribution in [2.75, 3.05) is 7.05 Å². The predicted molar refractivity (Wildman–Crippen MR) is 85.6 cm³/mol. The highest BCUT2D eigenvalue weighted by Crippen LogP contribution is 2.34. The fourth-order valence-corrected chi connectivity index (χ4v) is 2.84. The van der Waals surface area contributed by atoms with Crippen molar-refractivity contribution in [2.45, 2.75) is 38.8 Å². The van der Waals surface area contributed by atoms with Crippen molar-refractivity contribution in [3.05, 3.63) is 40.7 Å². The summed E-state index contributed by atoms with van der Waals surface area (Å²) in [6.07, 6.45) is 4.17. The van der Waals surface area contributed by atoms with Gasteiger partial charge in [0.2, 0.25) is 11.3 Å². The number of rotatable bonds is 5. The molecular formula is C17H21N3O2. The Hall–Kier alpha value is -2.17. The van der Waals surface area contributed by atoms with Gasteiger partial charge < -0.3 is 4.90 Å². The number of para-hydroxylation sites is 1. The SMILES string of the molecule is CC(C1CC1)N(C)C(=O)CCn1ncc(=O)c2ccccc21. The molecule has 116 valence electrons. The molecule has 1 aromatic carbocycles. The highest BCUT2D eigenvalue weighted by atomic mass is 16.2. The van der Waals surface area contributed by atoms with Crippen LogP contribution in [0.1, 0.15) is 26.2 Å². The molecule has 1 unspecified atom stereocenters. The van der Waals surface area contributed by atoms with Crippen LogP contribution in [0.25, 0.3) is 10.9 Å². The Morgan fingerprint density at radius 3 is 2.86 bits per heavy atom. The molecule has 1 fully saturated rings. The lowest BCUT2D eigenvalue weighted by atomic mass is 10.2. The maximum absolute atomic E-state index is 12.3. The van der Waals surface area contributed by atoms with Gasteiger partial charge in [-0.2, -0.15) is 5.10 Å². The number of hydrogen-bond donors (Lipinski definition) is 0. The lowest BCUT2D eigenvalue weighted by Crippen LogP contribution is -2.36. The highest BCUT2D eigenvalue weighted by Gasteiger charge is 2.32. The van der Waals surface area contributed by atoms with E-state index in [1.807, 2.05) is 30.1 Å². The number of fused-ring (bicyclic) bond motifs is 1. The Balaban J connectivity index is 1.72. The van der Waals surface area contributed by atoms with Gasteiger partial charge >= 0.3 is 0 Å². The number of nitrogens with zero attached hydrogens (tertiary/aromatic N) is 3. The van der Waals surface area contributed by atoms with Crippen LogP contribution in [-0.2, 0) is 11.3 Å². The Morgan fingerprint density at radius 1 is 1.41 bits per heavy atom. The van der Waals surface area contributed by atoms with E-state index in [2.05, 4.69) is 12.0 Å². The monoisotopic (exact) mass is 299 g/mol. The maximum Gasteiger partial charge on any atom is 0.224 e. The number of amides is 1. The van der Waals surface area contributed by atoms with E-state index < -0.39 is 0 Å². The average Bonchev–Trinajstić information content (AvgIpc) is 3.38. The molecule has 0 aliphatic heterocycles. The zero-order valence-electron chi connectivity index (χ0n) is 13.0. The normalized spacial score (nSPS) is 15.7. The summed E-state index contributed by atoms with van der Waals surface area (Å²) in [5.41, 5.74) is 0.693. The van der Waals surface area contributed by atoms with Gasteiger partial charge in [0.25, 0.3) is 0 Å². The van der Waals surface area contributed by atoms with Crippen LogP contribution in [0.2, 0.25) is 0 Å². The van der Waals surface area contributed by atoms with Crippen LogP contribution in [0.4, 0.5) is 0 Å². The standard InChI is InChI=1S/C17H21N3O2/c1-12(13-7-8-13)19(2)17(22)9-10-20-15-6-4-3-5-14(15)16(21)11-18-20/h3-6,11-13H,7-10H2,1-2H3. The number of aromatic nitrogens is 2. The number of aryl methyl sites for hydroxylation is 1. The molecule has 1 saturated carbocycles. The number of hydrogen-bond acceptors (Lipinski definition) is 3. The lowest BCUT2D eigenvalue weighted by molar-refractivity contribution is -0.132. The minimum absolute atomic E-state index is 0.0855.